The monoisotopic (exact) mass is 384 g/mol. The maximum atomic E-state index is 12.8. The van der Waals surface area contributed by atoms with Crippen molar-refractivity contribution >= 4 is 27.5 Å². The molecule has 24 heavy (non-hydrogen) atoms. The maximum absolute atomic E-state index is 12.8. The molecule has 1 N–H and O–H groups in total. The molecule has 0 atom stereocenters. The van der Waals surface area contributed by atoms with Crippen molar-refractivity contribution in [3.05, 3.63) is 69.4 Å². The summed E-state index contributed by atoms with van der Waals surface area (Å²) in [6.07, 6.45) is 0. The van der Waals surface area contributed by atoms with Crippen molar-refractivity contribution in [1.29, 1.82) is 0 Å². The number of aryl methyl sites for hydroxylation is 3. The van der Waals surface area contributed by atoms with Gasteiger partial charge in [-0.3, -0.25) is 4.79 Å². The Hall–Kier alpha value is -2.40. The molecule has 0 aliphatic carbocycles. The molecule has 0 aliphatic rings. The molecule has 0 spiro atoms. The number of benzene rings is 2. The summed E-state index contributed by atoms with van der Waals surface area (Å²) < 4.78 is 6.23. The van der Waals surface area contributed by atoms with Gasteiger partial charge in [-0.15, -0.1) is 0 Å². The zero-order chi connectivity index (χ0) is 17.3. The van der Waals surface area contributed by atoms with E-state index >= 15 is 0 Å². The lowest BCUT2D eigenvalue weighted by Gasteiger charge is -2.09. The first-order valence-corrected chi connectivity index (χ1v) is 8.36. The highest BCUT2D eigenvalue weighted by atomic mass is 79.9. The van der Waals surface area contributed by atoms with E-state index in [1.807, 2.05) is 56.3 Å². The first-order chi connectivity index (χ1) is 11.5. The fourth-order valence-corrected chi connectivity index (χ4v) is 2.85. The summed E-state index contributed by atoms with van der Waals surface area (Å²) in [5.74, 6) is 0.272. The minimum absolute atomic E-state index is 0.223. The molecule has 2 aromatic carbocycles. The van der Waals surface area contributed by atoms with Gasteiger partial charge >= 0.3 is 0 Å². The van der Waals surface area contributed by atoms with E-state index < -0.39 is 0 Å². The van der Waals surface area contributed by atoms with Crippen molar-refractivity contribution in [2.45, 2.75) is 20.8 Å². The van der Waals surface area contributed by atoms with Crippen LogP contribution < -0.4 is 5.32 Å². The first-order valence-electron chi connectivity index (χ1n) is 7.56. The minimum atomic E-state index is -0.223. The molecule has 5 heteroatoms. The van der Waals surface area contributed by atoms with Crippen LogP contribution in [-0.2, 0) is 0 Å². The third kappa shape index (κ3) is 3.26. The first kappa shape index (κ1) is 16.5. The summed E-state index contributed by atoms with van der Waals surface area (Å²) in [5.41, 5.74) is 4.79. The van der Waals surface area contributed by atoms with Crippen molar-refractivity contribution in [2.24, 2.45) is 0 Å². The number of hydrogen-bond donors (Lipinski definition) is 1. The Bertz CT molecular complexity index is 898. The molecule has 3 rings (SSSR count). The number of nitrogens with one attached hydrogen (secondary N) is 1. The SMILES string of the molecule is Cc1ccc(NC(=O)c2c(-c3ccc(Br)cc3)noc2C)c(C)c1. The predicted octanol–water partition coefficient (Wildman–Crippen LogP) is 5.28. The Morgan fingerprint density at radius 1 is 1.08 bits per heavy atom. The lowest BCUT2D eigenvalue weighted by Crippen LogP contribution is -2.14. The Labute approximate surface area is 149 Å². The van der Waals surface area contributed by atoms with Crippen molar-refractivity contribution in [1.82, 2.24) is 5.16 Å². The summed E-state index contributed by atoms with van der Waals surface area (Å²) in [6.45, 7) is 5.74. The lowest BCUT2D eigenvalue weighted by molar-refractivity contribution is 0.102. The van der Waals surface area contributed by atoms with Crippen LogP contribution in [0.25, 0.3) is 11.3 Å². The van der Waals surface area contributed by atoms with Gasteiger partial charge in [0.2, 0.25) is 0 Å². The summed E-state index contributed by atoms with van der Waals surface area (Å²) in [4.78, 5) is 12.8. The average molecular weight is 385 g/mol. The zero-order valence-electron chi connectivity index (χ0n) is 13.7. The van der Waals surface area contributed by atoms with Crippen LogP contribution in [0.15, 0.2) is 51.5 Å². The van der Waals surface area contributed by atoms with E-state index in [1.54, 1.807) is 6.92 Å². The Morgan fingerprint density at radius 2 is 1.79 bits per heavy atom. The molecule has 0 saturated carbocycles. The van der Waals surface area contributed by atoms with Crippen molar-refractivity contribution < 1.29 is 9.32 Å². The van der Waals surface area contributed by atoms with Gasteiger partial charge in [-0.05, 0) is 44.5 Å². The number of rotatable bonds is 3. The molecular formula is C19H17BrN2O2. The van der Waals surface area contributed by atoms with E-state index in [0.717, 1.165) is 26.9 Å². The number of aromatic nitrogens is 1. The second-order valence-electron chi connectivity index (χ2n) is 5.74. The summed E-state index contributed by atoms with van der Waals surface area (Å²) in [7, 11) is 0. The number of carbonyl (C=O) groups is 1. The van der Waals surface area contributed by atoms with E-state index in [-0.39, 0.29) is 5.91 Å². The second-order valence-corrected chi connectivity index (χ2v) is 6.66. The topological polar surface area (TPSA) is 55.1 Å². The second kappa shape index (κ2) is 6.61. The molecule has 0 unspecified atom stereocenters. The van der Waals surface area contributed by atoms with Crippen LogP contribution >= 0.6 is 15.9 Å². The van der Waals surface area contributed by atoms with E-state index in [1.165, 1.54) is 0 Å². The van der Waals surface area contributed by atoms with Gasteiger partial charge in [0.25, 0.3) is 5.91 Å². The molecule has 0 radical (unpaired) electrons. The molecule has 1 heterocycles. The van der Waals surface area contributed by atoms with Gasteiger partial charge in [0, 0.05) is 15.7 Å². The molecule has 1 amide bonds. The number of hydrogen-bond acceptors (Lipinski definition) is 3. The number of halogens is 1. The molecule has 4 nitrogen and oxygen atoms in total. The highest BCUT2D eigenvalue weighted by molar-refractivity contribution is 9.10. The fourth-order valence-electron chi connectivity index (χ4n) is 2.58. The highest BCUT2D eigenvalue weighted by Crippen LogP contribution is 2.28. The van der Waals surface area contributed by atoms with Gasteiger partial charge in [-0.25, -0.2) is 0 Å². The summed E-state index contributed by atoms with van der Waals surface area (Å²) in [5, 5.41) is 7.02. The lowest BCUT2D eigenvalue weighted by atomic mass is 10.1. The van der Waals surface area contributed by atoms with Gasteiger partial charge in [0.15, 0.2) is 0 Å². The van der Waals surface area contributed by atoms with Crippen LogP contribution in [0.2, 0.25) is 0 Å². The maximum Gasteiger partial charge on any atom is 0.261 e. The van der Waals surface area contributed by atoms with Crippen LogP contribution in [0.4, 0.5) is 5.69 Å². The van der Waals surface area contributed by atoms with Crippen LogP contribution in [0.5, 0.6) is 0 Å². The molecule has 122 valence electrons. The van der Waals surface area contributed by atoms with E-state index in [4.69, 9.17) is 4.52 Å². The third-order valence-corrected chi connectivity index (χ3v) is 4.37. The molecular weight excluding hydrogens is 368 g/mol. The largest absolute Gasteiger partial charge is 0.360 e. The fraction of sp³-hybridized carbons (Fsp3) is 0.158. The number of amides is 1. The van der Waals surface area contributed by atoms with Gasteiger partial charge in [-0.2, -0.15) is 0 Å². The van der Waals surface area contributed by atoms with Crippen molar-refractivity contribution in [3.8, 4) is 11.3 Å². The quantitative estimate of drug-likeness (QED) is 0.667. The van der Waals surface area contributed by atoms with Gasteiger partial charge in [0.05, 0.1) is 0 Å². The molecule has 0 saturated heterocycles. The summed E-state index contributed by atoms with van der Waals surface area (Å²) >= 11 is 3.41. The van der Waals surface area contributed by atoms with Crippen molar-refractivity contribution in [2.75, 3.05) is 5.32 Å². The van der Waals surface area contributed by atoms with E-state index in [0.29, 0.717) is 17.0 Å². The summed E-state index contributed by atoms with van der Waals surface area (Å²) in [6, 6.07) is 13.5. The molecule has 1 aromatic heterocycles. The third-order valence-electron chi connectivity index (χ3n) is 3.84. The number of carbonyl (C=O) groups excluding carboxylic acids is 1. The molecule has 3 aromatic rings. The van der Waals surface area contributed by atoms with Gasteiger partial charge in [0.1, 0.15) is 17.0 Å². The molecule has 0 bridgehead atoms. The van der Waals surface area contributed by atoms with Crippen LogP contribution in [0, 0.1) is 20.8 Å². The Morgan fingerprint density at radius 3 is 2.46 bits per heavy atom. The van der Waals surface area contributed by atoms with Crippen molar-refractivity contribution in [3.63, 3.8) is 0 Å². The Balaban J connectivity index is 1.95. The van der Waals surface area contributed by atoms with Crippen LogP contribution in [-0.4, -0.2) is 11.1 Å². The standard InChI is InChI=1S/C19H17BrN2O2/c1-11-4-9-16(12(2)10-11)21-19(23)17-13(3)24-22-18(17)14-5-7-15(20)8-6-14/h4-10H,1-3H3,(H,21,23). The van der Waals surface area contributed by atoms with Gasteiger partial charge in [-0.1, -0.05) is 50.9 Å². The Kier molecular flexibility index (Phi) is 4.53. The van der Waals surface area contributed by atoms with Gasteiger partial charge < -0.3 is 9.84 Å². The smallest absolute Gasteiger partial charge is 0.261 e. The van der Waals surface area contributed by atoms with Crippen LogP contribution in [0.1, 0.15) is 27.2 Å². The molecule has 0 aliphatic heterocycles. The average Bonchev–Trinajstić information content (AvgIpc) is 2.92. The zero-order valence-corrected chi connectivity index (χ0v) is 15.3. The predicted molar refractivity (Wildman–Crippen MR) is 98.2 cm³/mol. The number of nitrogens with zero attached hydrogens (tertiary/aromatic N) is 1. The highest BCUT2D eigenvalue weighted by Gasteiger charge is 2.22. The van der Waals surface area contributed by atoms with E-state index in [9.17, 15) is 4.79 Å². The minimum Gasteiger partial charge on any atom is -0.360 e. The number of anilines is 1. The molecule has 0 fully saturated rings. The normalized spacial score (nSPS) is 10.7. The van der Waals surface area contributed by atoms with Crippen LogP contribution in [0.3, 0.4) is 0 Å². The van der Waals surface area contributed by atoms with E-state index in [2.05, 4.69) is 26.4 Å².